The smallest absolute Gasteiger partial charge is 0.296 e. The first-order valence-corrected chi connectivity index (χ1v) is 5.73. The average Bonchev–Trinajstić information content (AvgIpc) is 2.14. The molecule has 0 unspecified atom stereocenters. The van der Waals surface area contributed by atoms with Crippen LogP contribution in [0.2, 0.25) is 0 Å². The van der Waals surface area contributed by atoms with Crippen molar-refractivity contribution in [3.63, 3.8) is 0 Å². The predicted octanol–water partition coefficient (Wildman–Crippen LogP) is -0.877. The zero-order chi connectivity index (χ0) is 13.1. The van der Waals surface area contributed by atoms with Crippen LogP contribution in [0.5, 0.6) is 0 Å². The number of benzene rings is 1. The first-order valence-electron chi connectivity index (χ1n) is 4.29. The molecule has 0 spiro atoms. The third-order valence-electron chi connectivity index (χ3n) is 1.69. The van der Waals surface area contributed by atoms with Gasteiger partial charge in [-0.15, -0.1) is 5.10 Å². The highest BCUT2D eigenvalue weighted by atomic mass is 32.2. The van der Waals surface area contributed by atoms with Crippen molar-refractivity contribution in [2.24, 2.45) is 21.7 Å². The molecule has 0 atom stereocenters. The lowest BCUT2D eigenvalue weighted by molar-refractivity contribution is 0.483. The van der Waals surface area contributed by atoms with E-state index in [0.717, 1.165) is 6.07 Å². The normalized spacial score (nSPS) is 11.6. The van der Waals surface area contributed by atoms with Gasteiger partial charge in [-0.1, -0.05) is 6.07 Å². The average molecular weight is 257 g/mol. The van der Waals surface area contributed by atoms with E-state index in [1.54, 1.807) is 0 Å². The molecule has 0 saturated carbocycles. The van der Waals surface area contributed by atoms with Crippen LogP contribution in [0.25, 0.3) is 0 Å². The number of nitrogens with zero attached hydrogens (tertiary/aromatic N) is 2. The highest BCUT2D eigenvalue weighted by Crippen LogP contribution is 2.18. The van der Waals surface area contributed by atoms with Crippen LogP contribution in [0.15, 0.2) is 33.3 Å². The monoisotopic (exact) mass is 257 g/mol. The number of nitrogens with two attached hydrogens (primary N) is 3. The second kappa shape index (κ2) is 4.80. The molecule has 1 aromatic carbocycles. The lowest BCUT2D eigenvalue weighted by atomic mass is 10.2. The molecule has 0 aliphatic heterocycles. The van der Waals surface area contributed by atoms with E-state index >= 15 is 0 Å². The fraction of sp³-hybridized carbons (Fsp3) is 0. The lowest BCUT2D eigenvalue weighted by Gasteiger charge is -2.02. The van der Waals surface area contributed by atoms with Crippen molar-refractivity contribution in [1.82, 2.24) is 0 Å². The summed E-state index contributed by atoms with van der Waals surface area (Å²) in [6.07, 6.45) is 1.28. The van der Waals surface area contributed by atoms with Gasteiger partial charge in [0, 0.05) is 0 Å². The van der Waals surface area contributed by atoms with Crippen LogP contribution in [0.4, 0.5) is 5.69 Å². The van der Waals surface area contributed by atoms with Gasteiger partial charge in [-0.05, 0) is 17.7 Å². The van der Waals surface area contributed by atoms with E-state index in [-0.39, 0.29) is 16.5 Å². The van der Waals surface area contributed by atoms with Crippen molar-refractivity contribution < 1.29 is 13.0 Å². The Morgan fingerprint density at radius 2 is 2.00 bits per heavy atom. The van der Waals surface area contributed by atoms with Crippen LogP contribution in [0.3, 0.4) is 0 Å². The van der Waals surface area contributed by atoms with Crippen LogP contribution in [-0.4, -0.2) is 25.1 Å². The van der Waals surface area contributed by atoms with Gasteiger partial charge in [0.15, 0.2) is 0 Å². The number of hydrogen-bond donors (Lipinski definition) is 4. The van der Waals surface area contributed by atoms with Gasteiger partial charge in [0.2, 0.25) is 5.96 Å². The minimum Gasteiger partial charge on any atom is -0.398 e. The molecule has 0 heterocycles. The predicted molar refractivity (Wildman–Crippen MR) is 64.1 cm³/mol. The Morgan fingerprint density at radius 3 is 2.47 bits per heavy atom. The molecule has 7 N–H and O–H groups in total. The molecule has 8 nitrogen and oxygen atoms in total. The maximum absolute atomic E-state index is 10.9. The molecular weight excluding hydrogens is 246 g/mol. The van der Waals surface area contributed by atoms with Crippen LogP contribution in [0.1, 0.15) is 5.56 Å². The molecular formula is C8H11N5O3S. The topological polar surface area (TPSA) is 157 Å². The van der Waals surface area contributed by atoms with E-state index in [1.165, 1.54) is 18.3 Å². The van der Waals surface area contributed by atoms with Crippen molar-refractivity contribution in [1.29, 1.82) is 0 Å². The zero-order valence-electron chi connectivity index (χ0n) is 8.61. The van der Waals surface area contributed by atoms with Crippen LogP contribution >= 0.6 is 0 Å². The molecule has 0 amide bonds. The summed E-state index contributed by atoms with van der Waals surface area (Å²) in [7, 11) is -4.32. The maximum Gasteiger partial charge on any atom is 0.296 e. The number of hydrogen-bond acceptors (Lipinski definition) is 5. The minimum absolute atomic E-state index is 0.0962. The van der Waals surface area contributed by atoms with Gasteiger partial charge in [-0.3, -0.25) is 4.55 Å². The first kappa shape index (κ1) is 12.9. The van der Waals surface area contributed by atoms with Crippen LogP contribution in [-0.2, 0) is 10.1 Å². The fourth-order valence-electron chi connectivity index (χ4n) is 1.04. The number of anilines is 1. The Bertz CT molecular complexity index is 575. The molecule has 1 rings (SSSR count). The molecule has 9 heteroatoms. The molecule has 0 bridgehead atoms. The molecule has 0 radical (unpaired) electrons. The van der Waals surface area contributed by atoms with Crippen molar-refractivity contribution in [2.75, 3.05) is 5.73 Å². The third kappa shape index (κ3) is 3.74. The van der Waals surface area contributed by atoms with E-state index in [0.29, 0.717) is 5.56 Å². The summed E-state index contributed by atoms with van der Waals surface area (Å²) in [6, 6.07) is 3.86. The fourth-order valence-corrected chi connectivity index (χ4v) is 1.64. The van der Waals surface area contributed by atoms with E-state index in [1.807, 2.05) is 0 Å². The van der Waals surface area contributed by atoms with Gasteiger partial charge in [0.1, 0.15) is 4.90 Å². The largest absolute Gasteiger partial charge is 0.398 e. The highest BCUT2D eigenvalue weighted by molar-refractivity contribution is 7.86. The number of nitrogen functional groups attached to an aromatic ring is 1. The summed E-state index contributed by atoms with van der Waals surface area (Å²) in [5.41, 5.74) is 15.9. The summed E-state index contributed by atoms with van der Waals surface area (Å²) in [5.74, 6) is -0.205. The van der Waals surface area contributed by atoms with Gasteiger partial charge >= 0.3 is 0 Å². The zero-order valence-corrected chi connectivity index (χ0v) is 9.42. The molecule has 0 aliphatic carbocycles. The summed E-state index contributed by atoms with van der Waals surface area (Å²) in [6.45, 7) is 0. The van der Waals surface area contributed by atoms with Gasteiger partial charge in [-0.25, -0.2) is 0 Å². The third-order valence-corrected chi connectivity index (χ3v) is 2.62. The molecule has 17 heavy (non-hydrogen) atoms. The first-order chi connectivity index (χ1) is 7.80. The van der Waals surface area contributed by atoms with E-state index < -0.39 is 10.1 Å². The molecule has 0 fully saturated rings. The molecule has 0 saturated heterocycles. The molecule has 0 aromatic heterocycles. The van der Waals surface area contributed by atoms with Crippen LogP contribution < -0.4 is 17.2 Å². The molecule has 92 valence electrons. The Morgan fingerprint density at radius 1 is 1.35 bits per heavy atom. The van der Waals surface area contributed by atoms with E-state index in [9.17, 15) is 8.42 Å². The molecule has 1 aromatic rings. The second-order valence-electron chi connectivity index (χ2n) is 3.04. The minimum atomic E-state index is -4.32. The lowest BCUT2D eigenvalue weighted by Crippen LogP contribution is -2.21. The SMILES string of the molecule is NC(N)=NN=Cc1ccc(S(=O)(=O)O)c(N)c1. The second-order valence-corrected chi connectivity index (χ2v) is 4.43. The summed E-state index contributed by atoms with van der Waals surface area (Å²) in [5, 5.41) is 6.87. The number of rotatable bonds is 3. The van der Waals surface area contributed by atoms with Crippen molar-refractivity contribution in [2.45, 2.75) is 4.90 Å². The number of guanidine groups is 1. The highest BCUT2D eigenvalue weighted by Gasteiger charge is 2.13. The Hall–Kier alpha value is -2.13. The quantitative estimate of drug-likeness (QED) is 0.181. The Balaban J connectivity index is 3.06. The Labute approximate surface area is 97.6 Å². The van der Waals surface area contributed by atoms with Crippen molar-refractivity contribution in [3.8, 4) is 0 Å². The standard InChI is InChI=1S/C8H11N5O3S/c9-6-3-5(4-12-13-8(10)11)1-2-7(6)17(14,15)16/h1-4H,9H2,(H4,10,11,13)(H,14,15,16). The van der Waals surface area contributed by atoms with Crippen LogP contribution in [0, 0.1) is 0 Å². The van der Waals surface area contributed by atoms with Gasteiger partial charge in [-0.2, -0.15) is 13.5 Å². The van der Waals surface area contributed by atoms with Crippen molar-refractivity contribution in [3.05, 3.63) is 23.8 Å². The van der Waals surface area contributed by atoms with Gasteiger partial charge < -0.3 is 17.2 Å². The van der Waals surface area contributed by atoms with Crippen molar-refractivity contribution >= 4 is 28.0 Å². The Kier molecular flexibility index (Phi) is 3.66. The van der Waals surface area contributed by atoms with E-state index in [2.05, 4.69) is 10.2 Å². The summed E-state index contributed by atoms with van der Waals surface area (Å²) in [4.78, 5) is -0.364. The summed E-state index contributed by atoms with van der Waals surface area (Å²) < 4.78 is 30.5. The maximum atomic E-state index is 10.9. The van der Waals surface area contributed by atoms with Gasteiger partial charge in [0.25, 0.3) is 10.1 Å². The van der Waals surface area contributed by atoms with Gasteiger partial charge in [0.05, 0.1) is 11.9 Å². The molecule has 0 aliphatic rings. The van der Waals surface area contributed by atoms with E-state index in [4.69, 9.17) is 21.8 Å². The summed E-state index contributed by atoms with van der Waals surface area (Å²) >= 11 is 0.